The average Bonchev–Trinajstić information content (AvgIpc) is 2.68. The highest BCUT2D eigenvalue weighted by Gasteiger charge is 2.27. The lowest BCUT2D eigenvalue weighted by molar-refractivity contribution is -0.174. The summed E-state index contributed by atoms with van der Waals surface area (Å²) in [5.74, 6) is 0. The summed E-state index contributed by atoms with van der Waals surface area (Å²) in [5.41, 5.74) is 0.750. The van der Waals surface area contributed by atoms with Crippen LogP contribution in [0.5, 0.6) is 0 Å². The fraction of sp³-hybridized carbons (Fsp3) is 0.800. The first kappa shape index (κ1) is 14.9. The van der Waals surface area contributed by atoms with Crippen molar-refractivity contribution in [1.82, 2.24) is 20.3 Å². The molecule has 1 rings (SSSR count). The van der Waals surface area contributed by atoms with Gasteiger partial charge in [-0.2, -0.15) is 13.2 Å². The zero-order valence-electron chi connectivity index (χ0n) is 10.4. The van der Waals surface area contributed by atoms with E-state index in [4.69, 9.17) is 0 Å². The summed E-state index contributed by atoms with van der Waals surface area (Å²) in [4.78, 5) is 0. The molecule has 0 atom stereocenters. The molecule has 1 heterocycles. The van der Waals surface area contributed by atoms with Gasteiger partial charge in [-0.3, -0.25) is 0 Å². The van der Waals surface area contributed by atoms with Crippen molar-refractivity contribution in [2.24, 2.45) is 0 Å². The summed E-state index contributed by atoms with van der Waals surface area (Å²) in [7, 11) is 0. The monoisotopic (exact) mass is 266 g/mol. The third-order valence-electron chi connectivity index (χ3n) is 2.01. The number of alkyl halides is 3. The van der Waals surface area contributed by atoms with Gasteiger partial charge in [0.25, 0.3) is 0 Å². The normalized spacial score (nSPS) is 12.3. The van der Waals surface area contributed by atoms with E-state index >= 15 is 0 Å². The second-order valence-electron chi connectivity index (χ2n) is 4.18. The van der Waals surface area contributed by atoms with Crippen molar-refractivity contribution >= 4 is 0 Å². The maximum absolute atomic E-state index is 11.8. The molecule has 0 bridgehead atoms. The van der Waals surface area contributed by atoms with Crippen LogP contribution in [0.4, 0.5) is 13.2 Å². The number of ether oxygens (including phenoxy) is 1. The topological polar surface area (TPSA) is 52.0 Å². The molecular formula is C10H17F3N4O. The molecule has 0 aliphatic heterocycles. The van der Waals surface area contributed by atoms with Crippen molar-refractivity contribution < 1.29 is 17.9 Å². The minimum absolute atomic E-state index is 0.0417. The fourth-order valence-corrected chi connectivity index (χ4v) is 1.18. The van der Waals surface area contributed by atoms with Crippen molar-refractivity contribution in [1.29, 1.82) is 0 Å². The van der Waals surface area contributed by atoms with Crippen LogP contribution in [0.25, 0.3) is 0 Å². The predicted molar refractivity (Wildman–Crippen MR) is 58.9 cm³/mol. The Hall–Kier alpha value is -1.15. The molecule has 0 saturated heterocycles. The van der Waals surface area contributed by atoms with Gasteiger partial charge in [0.2, 0.25) is 0 Å². The van der Waals surface area contributed by atoms with Crippen molar-refractivity contribution in [2.45, 2.75) is 39.2 Å². The molecule has 1 aromatic heterocycles. The van der Waals surface area contributed by atoms with E-state index in [2.05, 4.69) is 20.4 Å². The standard InChI is InChI=1S/C10H17F3N4O/c1-8(2)14-5-9-6-17(16-15-9)3-4-18-7-10(11,12)13/h6,8,14H,3-5,7H2,1-2H3. The molecule has 0 aromatic carbocycles. The average molecular weight is 266 g/mol. The molecule has 104 valence electrons. The summed E-state index contributed by atoms with van der Waals surface area (Å²) in [6.07, 6.45) is -2.60. The Labute approximate surface area is 103 Å². The first-order valence-electron chi connectivity index (χ1n) is 5.64. The number of nitrogens with zero attached hydrogens (tertiary/aromatic N) is 3. The Kier molecular flexibility index (Phi) is 5.54. The van der Waals surface area contributed by atoms with Gasteiger partial charge >= 0.3 is 6.18 Å². The molecule has 0 fully saturated rings. The molecule has 8 heteroatoms. The van der Waals surface area contributed by atoms with Crippen LogP contribution in [0.1, 0.15) is 19.5 Å². The molecular weight excluding hydrogens is 249 g/mol. The van der Waals surface area contributed by atoms with Gasteiger partial charge in [-0.05, 0) is 0 Å². The molecule has 0 radical (unpaired) electrons. The Bertz CT molecular complexity index is 351. The van der Waals surface area contributed by atoms with Crippen molar-refractivity contribution in [2.75, 3.05) is 13.2 Å². The van der Waals surface area contributed by atoms with Crippen LogP contribution in [-0.4, -0.2) is 40.4 Å². The van der Waals surface area contributed by atoms with Gasteiger partial charge in [0, 0.05) is 18.8 Å². The molecule has 18 heavy (non-hydrogen) atoms. The van der Waals surface area contributed by atoms with Gasteiger partial charge in [0.05, 0.1) is 18.8 Å². The van der Waals surface area contributed by atoms with E-state index in [0.29, 0.717) is 12.6 Å². The van der Waals surface area contributed by atoms with Crippen LogP contribution in [0.2, 0.25) is 0 Å². The highest BCUT2D eigenvalue weighted by molar-refractivity contribution is 4.91. The Morgan fingerprint density at radius 2 is 2.17 bits per heavy atom. The highest BCUT2D eigenvalue weighted by Crippen LogP contribution is 2.14. The minimum atomic E-state index is -4.28. The molecule has 5 nitrogen and oxygen atoms in total. The first-order valence-corrected chi connectivity index (χ1v) is 5.64. The largest absolute Gasteiger partial charge is 0.411 e. The number of nitrogens with one attached hydrogen (secondary N) is 1. The van der Waals surface area contributed by atoms with E-state index < -0.39 is 12.8 Å². The second kappa shape index (κ2) is 6.69. The fourth-order valence-electron chi connectivity index (χ4n) is 1.18. The molecule has 0 unspecified atom stereocenters. The summed E-state index contributed by atoms with van der Waals surface area (Å²) >= 11 is 0. The van der Waals surface area contributed by atoms with Crippen molar-refractivity contribution in [3.63, 3.8) is 0 Å². The summed E-state index contributed by atoms with van der Waals surface area (Å²) in [5, 5.41) is 10.8. The number of halogens is 3. The van der Waals surface area contributed by atoms with E-state index in [0.717, 1.165) is 5.69 Å². The Morgan fingerprint density at radius 3 is 2.78 bits per heavy atom. The van der Waals surface area contributed by atoms with E-state index in [1.807, 2.05) is 13.8 Å². The quantitative estimate of drug-likeness (QED) is 0.757. The van der Waals surface area contributed by atoms with Gasteiger partial charge in [0.1, 0.15) is 6.61 Å². The van der Waals surface area contributed by atoms with Gasteiger partial charge in [-0.1, -0.05) is 19.1 Å². The Balaban J connectivity index is 2.23. The highest BCUT2D eigenvalue weighted by atomic mass is 19.4. The SMILES string of the molecule is CC(C)NCc1cn(CCOCC(F)(F)F)nn1. The zero-order chi connectivity index (χ0) is 13.6. The van der Waals surface area contributed by atoms with Crippen LogP contribution in [0.15, 0.2) is 6.20 Å². The van der Waals surface area contributed by atoms with E-state index in [-0.39, 0.29) is 13.2 Å². The lowest BCUT2D eigenvalue weighted by Crippen LogP contribution is -2.22. The second-order valence-corrected chi connectivity index (χ2v) is 4.18. The van der Waals surface area contributed by atoms with Crippen molar-refractivity contribution in [3.05, 3.63) is 11.9 Å². The molecule has 0 aliphatic rings. The third-order valence-corrected chi connectivity index (χ3v) is 2.01. The lowest BCUT2D eigenvalue weighted by Gasteiger charge is -2.07. The molecule has 1 N–H and O–H groups in total. The van der Waals surface area contributed by atoms with Crippen molar-refractivity contribution in [3.8, 4) is 0 Å². The smallest absolute Gasteiger partial charge is 0.370 e. The van der Waals surface area contributed by atoms with Gasteiger partial charge < -0.3 is 10.1 Å². The van der Waals surface area contributed by atoms with Gasteiger partial charge in [0.15, 0.2) is 0 Å². The van der Waals surface area contributed by atoms with Gasteiger partial charge in [-0.25, -0.2) is 4.68 Å². The van der Waals surface area contributed by atoms with Crippen LogP contribution in [-0.2, 0) is 17.8 Å². The Morgan fingerprint density at radius 1 is 1.44 bits per heavy atom. The molecule has 0 amide bonds. The van der Waals surface area contributed by atoms with E-state index in [9.17, 15) is 13.2 Å². The van der Waals surface area contributed by atoms with Crippen LogP contribution in [0, 0.1) is 0 Å². The number of hydrogen-bond acceptors (Lipinski definition) is 4. The number of hydrogen-bond donors (Lipinski definition) is 1. The third kappa shape index (κ3) is 6.55. The first-order chi connectivity index (χ1) is 8.37. The van der Waals surface area contributed by atoms with Crippen LogP contribution >= 0.6 is 0 Å². The van der Waals surface area contributed by atoms with Crippen LogP contribution < -0.4 is 5.32 Å². The zero-order valence-corrected chi connectivity index (χ0v) is 10.4. The predicted octanol–water partition coefficient (Wildman–Crippen LogP) is 1.35. The maximum atomic E-state index is 11.8. The molecule has 0 spiro atoms. The van der Waals surface area contributed by atoms with E-state index in [1.165, 1.54) is 4.68 Å². The number of aromatic nitrogens is 3. The maximum Gasteiger partial charge on any atom is 0.411 e. The summed E-state index contributed by atoms with van der Waals surface area (Å²) in [6.45, 7) is 3.58. The van der Waals surface area contributed by atoms with Gasteiger partial charge in [-0.15, -0.1) is 5.10 Å². The molecule has 0 aliphatic carbocycles. The summed E-state index contributed by atoms with van der Waals surface area (Å²) < 4.78 is 41.3. The number of rotatable bonds is 7. The molecule has 1 aromatic rings. The van der Waals surface area contributed by atoms with Crippen LogP contribution in [0.3, 0.4) is 0 Å². The summed E-state index contributed by atoms with van der Waals surface area (Å²) in [6, 6.07) is 0.338. The minimum Gasteiger partial charge on any atom is -0.370 e. The molecule has 0 saturated carbocycles. The lowest BCUT2D eigenvalue weighted by atomic mass is 10.3. The van der Waals surface area contributed by atoms with E-state index in [1.54, 1.807) is 6.20 Å².